The first-order chi connectivity index (χ1) is 8.16. The number of carbonyl (C=O) groups excluding carboxylic acids is 1. The highest BCUT2D eigenvalue weighted by molar-refractivity contribution is 6.21. The van der Waals surface area contributed by atoms with E-state index in [9.17, 15) is 9.18 Å². The van der Waals surface area contributed by atoms with Crippen molar-refractivity contribution >= 4 is 17.5 Å². The topological polar surface area (TPSA) is 29.1 Å². The van der Waals surface area contributed by atoms with Crippen molar-refractivity contribution in [3.8, 4) is 0 Å². The molecule has 0 aliphatic heterocycles. The monoisotopic (exact) mass is 255 g/mol. The van der Waals surface area contributed by atoms with Crippen LogP contribution < -0.4 is 5.32 Å². The van der Waals surface area contributed by atoms with Gasteiger partial charge in [-0.2, -0.15) is 0 Å². The van der Waals surface area contributed by atoms with Gasteiger partial charge in [-0.3, -0.25) is 4.79 Å². The van der Waals surface area contributed by atoms with E-state index in [0.29, 0.717) is 18.0 Å². The Bertz CT molecular complexity index is 393. The first-order valence-corrected chi connectivity index (χ1v) is 6.28. The molecular weight excluding hydrogens is 241 g/mol. The lowest BCUT2D eigenvalue weighted by atomic mass is 10.1. The molecule has 4 heteroatoms. The average molecular weight is 256 g/mol. The molecule has 1 aliphatic rings. The van der Waals surface area contributed by atoms with Gasteiger partial charge in [-0.05, 0) is 43.0 Å². The second-order valence-electron chi connectivity index (χ2n) is 4.42. The summed E-state index contributed by atoms with van der Waals surface area (Å²) in [5, 5.41) is 3.01. The van der Waals surface area contributed by atoms with Gasteiger partial charge in [-0.25, -0.2) is 4.39 Å². The van der Waals surface area contributed by atoms with Crippen molar-refractivity contribution < 1.29 is 9.18 Å². The Morgan fingerprint density at radius 3 is 2.65 bits per heavy atom. The van der Waals surface area contributed by atoms with E-state index in [-0.39, 0.29) is 17.1 Å². The summed E-state index contributed by atoms with van der Waals surface area (Å²) < 4.78 is 12.7. The van der Waals surface area contributed by atoms with Crippen LogP contribution in [0.4, 0.5) is 4.39 Å². The molecule has 1 aliphatic carbocycles. The van der Waals surface area contributed by atoms with Crippen LogP contribution in [0.2, 0.25) is 0 Å². The normalized spacial score (nSPS) is 23.6. The second-order valence-corrected chi connectivity index (χ2v) is 4.98. The Balaban J connectivity index is 1.87. The molecule has 0 radical (unpaired) electrons. The van der Waals surface area contributed by atoms with Crippen molar-refractivity contribution in [1.29, 1.82) is 0 Å². The molecule has 17 heavy (non-hydrogen) atoms. The number of halogens is 2. The van der Waals surface area contributed by atoms with Gasteiger partial charge in [0.05, 0.1) is 0 Å². The fraction of sp³-hybridized carbons (Fsp3) is 0.462. The molecule has 0 saturated heterocycles. The molecule has 0 spiro atoms. The zero-order valence-corrected chi connectivity index (χ0v) is 10.2. The first-order valence-electron chi connectivity index (χ1n) is 5.84. The minimum absolute atomic E-state index is 0.166. The molecule has 92 valence electrons. The Kier molecular flexibility index (Phi) is 4.00. The zero-order valence-electron chi connectivity index (χ0n) is 9.46. The number of alkyl halides is 1. The van der Waals surface area contributed by atoms with Crippen LogP contribution in [0, 0.1) is 11.7 Å². The third kappa shape index (κ3) is 3.19. The van der Waals surface area contributed by atoms with Gasteiger partial charge in [-0.1, -0.05) is 6.42 Å². The summed E-state index contributed by atoms with van der Waals surface area (Å²) in [7, 11) is 0. The highest BCUT2D eigenvalue weighted by atomic mass is 35.5. The molecule has 2 nitrogen and oxygen atoms in total. The number of hydrogen-bond acceptors (Lipinski definition) is 1. The van der Waals surface area contributed by atoms with Crippen LogP contribution in [-0.2, 0) is 0 Å². The molecule has 0 heterocycles. The van der Waals surface area contributed by atoms with E-state index in [1.807, 2.05) is 0 Å². The van der Waals surface area contributed by atoms with Crippen molar-refractivity contribution in [3.63, 3.8) is 0 Å². The van der Waals surface area contributed by atoms with E-state index in [4.69, 9.17) is 11.6 Å². The molecule has 0 bridgehead atoms. The van der Waals surface area contributed by atoms with E-state index in [0.717, 1.165) is 19.3 Å². The van der Waals surface area contributed by atoms with Gasteiger partial charge in [0.15, 0.2) is 0 Å². The van der Waals surface area contributed by atoms with Crippen LogP contribution >= 0.6 is 11.6 Å². The molecular formula is C13H15ClFNO. The van der Waals surface area contributed by atoms with Gasteiger partial charge in [0.2, 0.25) is 0 Å². The maximum absolute atomic E-state index is 12.7. The Hall–Kier alpha value is -1.09. The smallest absolute Gasteiger partial charge is 0.251 e. The predicted octanol–water partition coefficient (Wildman–Crippen LogP) is 2.96. The molecule has 1 aromatic carbocycles. The Labute approximate surface area is 105 Å². The van der Waals surface area contributed by atoms with Gasteiger partial charge < -0.3 is 5.32 Å². The molecule has 2 atom stereocenters. The number of benzene rings is 1. The highest BCUT2D eigenvalue weighted by Gasteiger charge is 2.25. The summed E-state index contributed by atoms with van der Waals surface area (Å²) >= 11 is 6.13. The van der Waals surface area contributed by atoms with Crippen LogP contribution in [0.3, 0.4) is 0 Å². The van der Waals surface area contributed by atoms with Crippen LogP contribution in [0.25, 0.3) is 0 Å². The van der Waals surface area contributed by atoms with E-state index < -0.39 is 0 Å². The summed E-state index contributed by atoms with van der Waals surface area (Å²) in [6.07, 6.45) is 3.22. The van der Waals surface area contributed by atoms with E-state index in [1.54, 1.807) is 0 Å². The molecule has 2 unspecified atom stereocenters. The minimum atomic E-state index is -0.335. The number of rotatable bonds is 3. The largest absolute Gasteiger partial charge is 0.352 e. The molecule has 1 aromatic rings. The van der Waals surface area contributed by atoms with E-state index >= 15 is 0 Å². The summed E-state index contributed by atoms with van der Waals surface area (Å²) in [4.78, 5) is 11.7. The third-order valence-corrected chi connectivity index (χ3v) is 3.77. The summed E-state index contributed by atoms with van der Waals surface area (Å²) in [6.45, 7) is 0.602. The molecule has 2 rings (SSSR count). The standard InChI is InChI=1S/C13H15ClFNO/c14-12-3-1-2-10(12)8-16-13(17)9-4-6-11(15)7-5-9/h4-7,10,12H,1-3,8H2,(H,16,17). The Morgan fingerprint density at radius 1 is 1.35 bits per heavy atom. The first kappa shape index (κ1) is 12.4. The van der Waals surface area contributed by atoms with Gasteiger partial charge >= 0.3 is 0 Å². The maximum Gasteiger partial charge on any atom is 0.251 e. The summed E-state index contributed by atoms with van der Waals surface area (Å²) in [5.41, 5.74) is 0.482. The van der Waals surface area contributed by atoms with Crippen LogP contribution in [0.1, 0.15) is 29.6 Å². The van der Waals surface area contributed by atoms with Crippen molar-refractivity contribution in [2.75, 3.05) is 6.54 Å². The zero-order chi connectivity index (χ0) is 12.3. The van der Waals surface area contributed by atoms with Crippen molar-refractivity contribution in [1.82, 2.24) is 5.32 Å². The van der Waals surface area contributed by atoms with Gasteiger partial charge in [0, 0.05) is 17.5 Å². The number of hydrogen-bond donors (Lipinski definition) is 1. The van der Waals surface area contributed by atoms with Crippen LogP contribution in [0.5, 0.6) is 0 Å². The Morgan fingerprint density at radius 2 is 2.06 bits per heavy atom. The lowest BCUT2D eigenvalue weighted by Crippen LogP contribution is -2.31. The van der Waals surface area contributed by atoms with Crippen LogP contribution in [-0.4, -0.2) is 17.8 Å². The average Bonchev–Trinajstić information content (AvgIpc) is 2.73. The van der Waals surface area contributed by atoms with Crippen molar-refractivity contribution in [2.24, 2.45) is 5.92 Å². The fourth-order valence-electron chi connectivity index (χ4n) is 2.15. The molecule has 1 amide bonds. The quantitative estimate of drug-likeness (QED) is 0.827. The summed E-state index contributed by atoms with van der Waals surface area (Å²) in [5.74, 6) is -0.139. The minimum Gasteiger partial charge on any atom is -0.352 e. The lowest BCUT2D eigenvalue weighted by molar-refractivity contribution is 0.0947. The lowest BCUT2D eigenvalue weighted by Gasteiger charge is -2.14. The number of carbonyl (C=O) groups is 1. The molecule has 1 N–H and O–H groups in total. The second kappa shape index (κ2) is 5.50. The van der Waals surface area contributed by atoms with E-state index in [1.165, 1.54) is 24.3 Å². The predicted molar refractivity (Wildman–Crippen MR) is 65.7 cm³/mol. The van der Waals surface area contributed by atoms with E-state index in [2.05, 4.69) is 5.32 Å². The highest BCUT2D eigenvalue weighted by Crippen LogP contribution is 2.29. The van der Waals surface area contributed by atoms with Crippen LogP contribution in [0.15, 0.2) is 24.3 Å². The van der Waals surface area contributed by atoms with Gasteiger partial charge in [-0.15, -0.1) is 11.6 Å². The maximum atomic E-state index is 12.7. The van der Waals surface area contributed by atoms with Crippen molar-refractivity contribution in [2.45, 2.75) is 24.6 Å². The van der Waals surface area contributed by atoms with Gasteiger partial charge in [0.1, 0.15) is 5.82 Å². The van der Waals surface area contributed by atoms with Gasteiger partial charge in [0.25, 0.3) is 5.91 Å². The fourth-order valence-corrected chi connectivity index (χ4v) is 2.52. The number of nitrogens with one attached hydrogen (secondary N) is 1. The SMILES string of the molecule is O=C(NCC1CCCC1Cl)c1ccc(F)cc1. The summed E-state index contributed by atoms with van der Waals surface area (Å²) in [6, 6.07) is 5.54. The number of amides is 1. The molecule has 1 saturated carbocycles. The van der Waals surface area contributed by atoms with Crippen molar-refractivity contribution in [3.05, 3.63) is 35.6 Å². The third-order valence-electron chi connectivity index (χ3n) is 3.20. The molecule has 0 aromatic heterocycles. The molecule has 1 fully saturated rings.